The molecule has 154 valence electrons. The average Bonchev–Trinajstić information content (AvgIpc) is 2.65. The molecule has 1 unspecified atom stereocenters. The highest BCUT2D eigenvalue weighted by atomic mass is 79.9. The number of nitrogens with one attached hydrogen (secondary N) is 2. The summed E-state index contributed by atoms with van der Waals surface area (Å²) in [6.07, 6.45) is 1.42. The van der Waals surface area contributed by atoms with Gasteiger partial charge in [-0.1, -0.05) is 37.0 Å². The van der Waals surface area contributed by atoms with E-state index in [1.807, 2.05) is 0 Å². The Hall–Kier alpha value is -1.61. The molecule has 2 amide bonds. The number of aromatic hydroxyl groups is 1. The monoisotopic (exact) mass is 563 g/mol. The van der Waals surface area contributed by atoms with Gasteiger partial charge in [0.1, 0.15) is 11.8 Å². The second-order valence-corrected chi connectivity index (χ2v) is 8.91. The normalized spacial score (nSPS) is 12.2. The molecule has 2 rings (SSSR count). The second kappa shape index (κ2) is 10.4. The minimum atomic E-state index is -0.813. The van der Waals surface area contributed by atoms with Gasteiger partial charge in [0.25, 0.3) is 11.8 Å². The highest BCUT2D eigenvalue weighted by Gasteiger charge is 2.24. The van der Waals surface area contributed by atoms with Crippen LogP contribution in [0.3, 0.4) is 0 Å². The van der Waals surface area contributed by atoms with Gasteiger partial charge in [-0.05, 0) is 73.7 Å². The second-order valence-electron chi connectivity index (χ2n) is 6.39. The molecule has 3 N–H and O–H groups in total. The van der Waals surface area contributed by atoms with E-state index in [2.05, 4.69) is 47.7 Å². The van der Waals surface area contributed by atoms with Crippen LogP contribution in [0.4, 0.5) is 0 Å². The maximum atomic E-state index is 12.5. The smallest absolute Gasteiger partial charge is 0.262 e. The van der Waals surface area contributed by atoms with Crippen molar-refractivity contribution in [3.8, 4) is 5.75 Å². The van der Waals surface area contributed by atoms with Crippen molar-refractivity contribution < 1.29 is 14.7 Å². The number of halogens is 4. The Morgan fingerprint density at radius 2 is 1.72 bits per heavy atom. The van der Waals surface area contributed by atoms with E-state index in [1.54, 1.807) is 26.0 Å². The third kappa shape index (κ3) is 6.44. The molecule has 0 fully saturated rings. The van der Waals surface area contributed by atoms with Crippen LogP contribution in [0, 0.1) is 5.92 Å². The van der Waals surface area contributed by atoms with Crippen molar-refractivity contribution >= 4 is 73.1 Å². The van der Waals surface area contributed by atoms with Crippen LogP contribution in [0.2, 0.25) is 10.0 Å². The van der Waals surface area contributed by atoms with Gasteiger partial charge in [0.2, 0.25) is 0 Å². The molecule has 10 heteroatoms. The Bertz CT molecular complexity index is 945. The number of carbonyl (C=O) groups excluding carboxylic acids is 2. The van der Waals surface area contributed by atoms with Gasteiger partial charge in [-0.15, -0.1) is 0 Å². The number of rotatable bonds is 6. The van der Waals surface area contributed by atoms with Crippen molar-refractivity contribution in [2.24, 2.45) is 11.0 Å². The quantitative estimate of drug-likeness (QED) is 0.335. The van der Waals surface area contributed by atoms with Crippen LogP contribution in [-0.2, 0) is 4.79 Å². The zero-order valence-electron chi connectivity index (χ0n) is 15.3. The maximum Gasteiger partial charge on any atom is 0.262 e. The Balaban J connectivity index is 2.07. The van der Waals surface area contributed by atoms with Crippen molar-refractivity contribution in [3.63, 3.8) is 0 Å². The van der Waals surface area contributed by atoms with E-state index in [9.17, 15) is 14.7 Å². The Kier molecular flexibility index (Phi) is 8.51. The van der Waals surface area contributed by atoms with Crippen molar-refractivity contribution in [1.82, 2.24) is 10.7 Å². The van der Waals surface area contributed by atoms with E-state index in [4.69, 9.17) is 23.2 Å². The molecule has 0 bridgehead atoms. The molecule has 0 spiro atoms. The number of hydrazone groups is 1. The molecule has 2 aromatic rings. The fourth-order valence-corrected chi connectivity index (χ4v) is 3.82. The summed E-state index contributed by atoms with van der Waals surface area (Å²) in [5, 5.41) is 16.9. The molecule has 0 saturated heterocycles. The van der Waals surface area contributed by atoms with Crippen molar-refractivity contribution in [2.45, 2.75) is 19.9 Å². The highest BCUT2D eigenvalue weighted by Crippen LogP contribution is 2.32. The van der Waals surface area contributed by atoms with E-state index >= 15 is 0 Å². The molecule has 0 aliphatic heterocycles. The lowest BCUT2D eigenvalue weighted by atomic mass is 10.0. The van der Waals surface area contributed by atoms with Crippen LogP contribution < -0.4 is 10.7 Å². The number of hydrogen-bond donors (Lipinski definition) is 3. The summed E-state index contributed by atoms with van der Waals surface area (Å²) in [4.78, 5) is 25.0. The molecule has 0 aliphatic rings. The summed E-state index contributed by atoms with van der Waals surface area (Å²) in [7, 11) is 0. The van der Waals surface area contributed by atoms with Crippen LogP contribution in [0.5, 0.6) is 5.75 Å². The van der Waals surface area contributed by atoms with E-state index in [0.29, 0.717) is 25.1 Å². The Morgan fingerprint density at radius 1 is 1.10 bits per heavy atom. The summed E-state index contributed by atoms with van der Waals surface area (Å²) in [5.41, 5.74) is 3.35. The van der Waals surface area contributed by atoms with Gasteiger partial charge in [-0.2, -0.15) is 5.10 Å². The molecule has 0 aliphatic carbocycles. The van der Waals surface area contributed by atoms with Gasteiger partial charge in [-0.25, -0.2) is 5.43 Å². The molecular weight excluding hydrogens is 549 g/mol. The van der Waals surface area contributed by atoms with Gasteiger partial charge in [-0.3, -0.25) is 9.59 Å². The number of phenolic OH excluding ortho intramolecular Hbond substituents is 1. The summed E-state index contributed by atoms with van der Waals surface area (Å²) in [5.74, 6) is -1.04. The van der Waals surface area contributed by atoms with Gasteiger partial charge >= 0.3 is 0 Å². The van der Waals surface area contributed by atoms with Crippen molar-refractivity contribution in [2.75, 3.05) is 0 Å². The first-order valence-electron chi connectivity index (χ1n) is 8.37. The Morgan fingerprint density at radius 3 is 2.28 bits per heavy atom. The van der Waals surface area contributed by atoms with Crippen LogP contribution in [-0.4, -0.2) is 29.2 Å². The first-order chi connectivity index (χ1) is 13.6. The van der Waals surface area contributed by atoms with Crippen molar-refractivity contribution in [1.29, 1.82) is 0 Å². The fraction of sp³-hybridized carbons (Fsp3) is 0.211. The van der Waals surface area contributed by atoms with Gasteiger partial charge in [0.05, 0.1) is 25.2 Å². The summed E-state index contributed by atoms with van der Waals surface area (Å²) >= 11 is 18.3. The van der Waals surface area contributed by atoms with Crippen LogP contribution in [0.25, 0.3) is 0 Å². The van der Waals surface area contributed by atoms with E-state index < -0.39 is 17.9 Å². The predicted molar refractivity (Wildman–Crippen MR) is 122 cm³/mol. The molecule has 0 radical (unpaired) electrons. The number of amides is 2. The Labute approximate surface area is 194 Å². The number of hydrogen-bond acceptors (Lipinski definition) is 4. The van der Waals surface area contributed by atoms with Crippen LogP contribution >= 0.6 is 55.1 Å². The SMILES string of the molecule is CC(C)C(NC(=O)c1ccc(Cl)c(Cl)c1)C(=O)N/N=C/c1cc(Br)c(O)c(Br)c1. The van der Waals surface area contributed by atoms with Gasteiger partial charge in [0, 0.05) is 5.56 Å². The van der Waals surface area contributed by atoms with E-state index in [1.165, 1.54) is 24.4 Å². The number of carbonyl (C=O) groups is 2. The van der Waals surface area contributed by atoms with Gasteiger partial charge in [0.15, 0.2) is 0 Å². The lowest BCUT2D eigenvalue weighted by molar-refractivity contribution is -0.123. The molecule has 0 heterocycles. The third-order valence-electron chi connectivity index (χ3n) is 3.85. The standard InChI is InChI=1S/C19H17Br2Cl2N3O3/c1-9(2)16(25-18(28)11-3-4-14(22)15(23)7-11)19(29)26-24-8-10-5-12(20)17(27)13(21)6-10/h3-9,16,27H,1-2H3,(H,25,28)(H,26,29)/b24-8+. The molecule has 29 heavy (non-hydrogen) atoms. The minimum absolute atomic E-state index is 0.0658. The highest BCUT2D eigenvalue weighted by molar-refractivity contribution is 9.11. The third-order valence-corrected chi connectivity index (χ3v) is 5.79. The number of phenols is 1. The van der Waals surface area contributed by atoms with Crippen LogP contribution in [0.15, 0.2) is 44.4 Å². The van der Waals surface area contributed by atoms with Crippen LogP contribution in [0.1, 0.15) is 29.8 Å². The largest absolute Gasteiger partial charge is 0.506 e. The first kappa shape index (κ1) is 23.7. The molecule has 0 saturated carbocycles. The summed E-state index contributed by atoms with van der Waals surface area (Å²) in [6.45, 7) is 3.61. The predicted octanol–water partition coefficient (Wildman–Crippen LogP) is 5.13. The maximum absolute atomic E-state index is 12.5. The number of benzene rings is 2. The topological polar surface area (TPSA) is 90.8 Å². The molecule has 0 aromatic heterocycles. The zero-order valence-corrected chi connectivity index (χ0v) is 20.0. The molecule has 1 atom stereocenters. The van der Waals surface area contributed by atoms with E-state index in [0.717, 1.165) is 0 Å². The summed E-state index contributed by atoms with van der Waals surface area (Å²) in [6, 6.07) is 6.95. The van der Waals surface area contributed by atoms with Crippen molar-refractivity contribution in [3.05, 3.63) is 60.4 Å². The minimum Gasteiger partial charge on any atom is -0.506 e. The van der Waals surface area contributed by atoms with Gasteiger partial charge < -0.3 is 10.4 Å². The van der Waals surface area contributed by atoms with E-state index in [-0.39, 0.29) is 16.7 Å². The lowest BCUT2D eigenvalue weighted by Crippen LogP contribution is -2.48. The number of nitrogens with zero attached hydrogens (tertiary/aromatic N) is 1. The molecular formula is C19H17Br2Cl2N3O3. The first-order valence-corrected chi connectivity index (χ1v) is 10.7. The zero-order chi connectivity index (χ0) is 21.7. The fourth-order valence-electron chi connectivity index (χ4n) is 2.30. The molecule has 6 nitrogen and oxygen atoms in total. The summed E-state index contributed by atoms with van der Waals surface area (Å²) < 4.78 is 0.960. The average molecular weight is 566 g/mol. The lowest BCUT2D eigenvalue weighted by Gasteiger charge is -2.20. The molecule has 2 aromatic carbocycles.